The number of carbonyl (C=O) groups excluding carboxylic acids is 1. The lowest BCUT2D eigenvalue weighted by Gasteiger charge is -2.09. The highest BCUT2D eigenvalue weighted by molar-refractivity contribution is 9.10. The zero-order valence-corrected chi connectivity index (χ0v) is 11.9. The standard InChI is InChI=1S/C13H9BrClFN2O/c14-12-8(2-1-3-10(12)16)13(19)18-11-6-7(17)4-5-9(11)15/h1-6H,17H2,(H,18,19). The van der Waals surface area contributed by atoms with E-state index >= 15 is 0 Å². The second-order valence-corrected chi connectivity index (χ2v) is 4.99. The summed E-state index contributed by atoms with van der Waals surface area (Å²) in [4.78, 5) is 12.0. The van der Waals surface area contributed by atoms with Gasteiger partial charge in [-0.1, -0.05) is 17.7 Å². The third-order valence-electron chi connectivity index (χ3n) is 2.43. The van der Waals surface area contributed by atoms with E-state index in [1.807, 2.05) is 0 Å². The molecule has 6 heteroatoms. The first-order chi connectivity index (χ1) is 8.99. The summed E-state index contributed by atoms with van der Waals surface area (Å²) in [5.74, 6) is -0.981. The third kappa shape index (κ3) is 3.05. The largest absolute Gasteiger partial charge is 0.399 e. The van der Waals surface area contributed by atoms with Crippen LogP contribution >= 0.6 is 27.5 Å². The number of benzene rings is 2. The van der Waals surface area contributed by atoms with Gasteiger partial charge in [0.15, 0.2) is 0 Å². The molecule has 0 fully saturated rings. The van der Waals surface area contributed by atoms with Gasteiger partial charge in [-0.3, -0.25) is 4.79 Å². The number of carbonyl (C=O) groups is 1. The summed E-state index contributed by atoms with van der Waals surface area (Å²) in [5.41, 5.74) is 6.64. The van der Waals surface area contributed by atoms with Gasteiger partial charge in [0.2, 0.25) is 0 Å². The minimum absolute atomic E-state index is 0.104. The molecule has 19 heavy (non-hydrogen) atoms. The van der Waals surface area contributed by atoms with Crippen LogP contribution in [0.3, 0.4) is 0 Å². The topological polar surface area (TPSA) is 55.1 Å². The molecule has 0 aliphatic rings. The minimum Gasteiger partial charge on any atom is -0.399 e. The van der Waals surface area contributed by atoms with Crippen LogP contribution in [0.25, 0.3) is 0 Å². The Morgan fingerprint density at radius 2 is 2.05 bits per heavy atom. The van der Waals surface area contributed by atoms with E-state index < -0.39 is 11.7 Å². The van der Waals surface area contributed by atoms with Crippen molar-refractivity contribution in [3.8, 4) is 0 Å². The van der Waals surface area contributed by atoms with Gasteiger partial charge in [-0.15, -0.1) is 0 Å². The average molecular weight is 344 g/mol. The molecule has 0 aliphatic heterocycles. The van der Waals surface area contributed by atoms with Crippen molar-refractivity contribution in [2.75, 3.05) is 11.1 Å². The van der Waals surface area contributed by atoms with Crippen LogP contribution in [-0.2, 0) is 0 Å². The molecule has 2 aromatic rings. The van der Waals surface area contributed by atoms with Gasteiger partial charge < -0.3 is 11.1 Å². The molecule has 2 rings (SSSR count). The first-order valence-corrected chi connectivity index (χ1v) is 6.46. The molecule has 3 N–H and O–H groups in total. The summed E-state index contributed by atoms with van der Waals surface area (Å²) in [7, 11) is 0. The highest BCUT2D eigenvalue weighted by Gasteiger charge is 2.14. The van der Waals surface area contributed by atoms with Crippen LogP contribution in [0.5, 0.6) is 0 Å². The number of rotatable bonds is 2. The molecule has 0 saturated heterocycles. The molecule has 0 heterocycles. The monoisotopic (exact) mass is 342 g/mol. The van der Waals surface area contributed by atoms with E-state index in [1.54, 1.807) is 12.1 Å². The van der Waals surface area contributed by atoms with E-state index in [-0.39, 0.29) is 10.0 Å². The smallest absolute Gasteiger partial charge is 0.256 e. The van der Waals surface area contributed by atoms with Crippen LogP contribution < -0.4 is 11.1 Å². The minimum atomic E-state index is -0.508. The Bertz CT molecular complexity index is 649. The van der Waals surface area contributed by atoms with Crippen molar-refractivity contribution in [1.29, 1.82) is 0 Å². The van der Waals surface area contributed by atoms with E-state index in [0.29, 0.717) is 16.4 Å². The van der Waals surface area contributed by atoms with Crippen LogP contribution in [0.1, 0.15) is 10.4 Å². The molecule has 0 bridgehead atoms. The van der Waals surface area contributed by atoms with Gasteiger partial charge >= 0.3 is 0 Å². The highest BCUT2D eigenvalue weighted by atomic mass is 79.9. The number of anilines is 2. The fourth-order valence-electron chi connectivity index (χ4n) is 1.51. The summed E-state index contributed by atoms with van der Waals surface area (Å²) >= 11 is 8.98. The SMILES string of the molecule is Nc1ccc(Cl)c(NC(=O)c2cccc(F)c2Br)c1. The number of hydrogen-bond donors (Lipinski definition) is 2. The molecule has 1 amide bonds. The van der Waals surface area contributed by atoms with Crippen LogP contribution in [0.4, 0.5) is 15.8 Å². The number of nitrogen functional groups attached to an aromatic ring is 1. The fourth-order valence-corrected chi connectivity index (χ4v) is 2.12. The molecule has 0 unspecified atom stereocenters. The molecule has 0 aliphatic carbocycles. The maximum absolute atomic E-state index is 13.3. The molecule has 98 valence electrons. The first-order valence-electron chi connectivity index (χ1n) is 5.29. The van der Waals surface area contributed by atoms with Crippen LogP contribution in [0, 0.1) is 5.82 Å². The van der Waals surface area contributed by atoms with Gasteiger partial charge in [-0.2, -0.15) is 0 Å². The Labute approximate surface area is 122 Å². The second-order valence-electron chi connectivity index (χ2n) is 3.79. The zero-order valence-electron chi connectivity index (χ0n) is 9.58. The summed E-state index contributed by atoms with van der Waals surface area (Å²) in [6.07, 6.45) is 0. The van der Waals surface area contributed by atoms with Gasteiger partial charge in [-0.05, 0) is 46.3 Å². The molecule has 3 nitrogen and oxygen atoms in total. The lowest BCUT2D eigenvalue weighted by Crippen LogP contribution is -2.13. The molecular weight excluding hydrogens is 335 g/mol. The van der Waals surface area contributed by atoms with E-state index in [2.05, 4.69) is 21.2 Å². The summed E-state index contributed by atoms with van der Waals surface area (Å²) in [5, 5.41) is 2.94. The van der Waals surface area contributed by atoms with E-state index in [4.69, 9.17) is 17.3 Å². The zero-order chi connectivity index (χ0) is 14.0. The van der Waals surface area contributed by atoms with Gasteiger partial charge in [-0.25, -0.2) is 4.39 Å². The quantitative estimate of drug-likeness (QED) is 0.807. The molecule has 0 saturated carbocycles. The van der Waals surface area contributed by atoms with Crippen molar-refractivity contribution >= 4 is 44.8 Å². The second kappa shape index (κ2) is 5.59. The van der Waals surface area contributed by atoms with Crippen LogP contribution in [0.2, 0.25) is 5.02 Å². The summed E-state index contributed by atoms with van der Waals surface area (Å²) in [6, 6.07) is 8.95. The van der Waals surface area contributed by atoms with Crippen LogP contribution in [0.15, 0.2) is 40.9 Å². The Kier molecular flexibility index (Phi) is 4.07. The van der Waals surface area contributed by atoms with E-state index in [9.17, 15) is 9.18 Å². The predicted molar refractivity (Wildman–Crippen MR) is 77.9 cm³/mol. The Hall–Kier alpha value is -1.59. The Morgan fingerprint density at radius 3 is 2.79 bits per heavy atom. The summed E-state index contributed by atoms with van der Waals surface area (Å²) < 4.78 is 13.5. The van der Waals surface area contributed by atoms with E-state index in [1.165, 1.54) is 24.3 Å². The van der Waals surface area contributed by atoms with Crippen molar-refractivity contribution in [1.82, 2.24) is 0 Å². The lowest BCUT2D eigenvalue weighted by atomic mass is 10.2. The Balaban J connectivity index is 2.31. The molecule has 0 aromatic heterocycles. The molecule has 0 spiro atoms. The normalized spacial score (nSPS) is 10.3. The number of amides is 1. The van der Waals surface area contributed by atoms with Gasteiger partial charge in [0.05, 0.1) is 20.7 Å². The van der Waals surface area contributed by atoms with Crippen molar-refractivity contribution in [3.63, 3.8) is 0 Å². The van der Waals surface area contributed by atoms with Crippen LogP contribution in [-0.4, -0.2) is 5.91 Å². The average Bonchev–Trinajstić information content (AvgIpc) is 2.37. The highest BCUT2D eigenvalue weighted by Crippen LogP contribution is 2.26. The van der Waals surface area contributed by atoms with Crippen molar-refractivity contribution < 1.29 is 9.18 Å². The first kappa shape index (κ1) is 13.8. The van der Waals surface area contributed by atoms with Gasteiger partial charge in [0, 0.05) is 5.69 Å². The van der Waals surface area contributed by atoms with E-state index in [0.717, 1.165) is 0 Å². The van der Waals surface area contributed by atoms with Crippen molar-refractivity contribution in [2.24, 2.45) is 0 Å². The maximum Gasteiger partial charge on any atom is 0.256 e. The molecular formula is C13H9BrClFN2O. The predicted octanol–water partition coefficient (Wildman–Crippen LogP) is 4.08. The Morgan fingerprint density at radius 1 is 1.32 bits per heavy atom. The maximum atomic E-state index is 13.3. The number of halogens is 3. The molecule has 2 aromatic carbocycles. The lowest BCUT2D eigenvalue weighted by molar-refractivity contribution is 0.102. The number of nitrogens with one attached hydrogen (secondary N) is 1. The number of hydrogen-bond acceptors (Lipinski definition) is 2. The number of nitrogens with two attached hydrogens (primary N) is 1. The molecule has 0 radical (unpaired) electrons. The summed E-state index contributed by atoms with van der Waals surface area (Å²) in [6.45, 7) is 0. The third-order valence-corrected chi connectivity index (χ3v) is 3.57. The van der Waals surface area contributed by atoms with Gasteiger partial charge in [0.1, 0.15) is 5.82 Å². The van der Waals surface area contributed by atoms with Gasteiger partial charge in [0.25, 0.3) is 5.91 Å². The van der Waals surface area contributed by atoms with Crippen molar-refractivity contribution in [3.05, 3.63) is 57.3 Å². The van der Waals surface area contributed by atoms with Crippen molar-refractivity contribution in [2.45, 2.75) is 0 Å². The molecule has 0 atom stereocenters. The fraction of sp³-hybridized carbons (Fsp3) is 0.